The van der Waals surface area contributed by atoms with Crippen LogP contribution < -0.4 is 5.32 Å². The van der Waals surface area contributed by atoms with E-state index in [9.17, 15) is 13.5 Å². The number of halogens is 1. The summed E-state index contributed by atoms with van der Waals surface area (Å²) in [6, 6.07) is 8.42. The molecule has 2 rings (SSSR count). The molecule has 8 heteroatoms. The Morgan fingerprint density at radius 2 is 2.09 bits per heavy atom. The molecule has 1 aliphatic rings. The minimum Gasteiger partial charge on any atom is -0.391 e. The minimum absolute atomic E-state index is 0. The first kappa shape index (κ1) is 20.2. The van der Waals surface area contributed by atoms with Gasteiger partial charge in [-0.15, -0.1) is 24.0 Å². The number of aliphatic hydroxyl groups is 1. The number of likely N-dealkylation sites (tertiary alicyclic amines) is 1. The van der Waals surface area contributed by atoms with Gasteiger partial charge in [-0.3, -0.25) is 4.99 Å². The molecule has 0 aromatic heterocycles. The Morgan fingerprint density at radius 1 is 1.39 bits per heavy atom. The molecule has 6 nitrogen and oxygen atoms in total. The summed E-state index contributed by atoms with van der Waals surface area (Å²) in [5, 5.41) is 12.7. The molecule has 2 N–H and O–H groups in total. The van der Waals surface area contributed by atoms with Crippen molar-refractivity contribution in [3.8, 4) is 0 Å². The van der Waals surface area contributed by atoms with E-state index in [1.807, 2.05) is 11.8 Å². The van der Waals surface area contributed by atoms with Gasteiger partial charge >= 0.3 is 0 Å². The van der Waals surface area contributed by atoms with Crippen LogP contribution >= 0.6 is 24.0 Å². The van der Waals surface area contributed by atoms with E-state index in [2.05, 4.69) is 10.3 Å². The average molecular weight is 453 g/mol. The predicted octanol–water partition coefficient (Wildman–Crippen LogP) is 1.11. The summed E-state index contributed by atoms with van der Waals surface area (Å²) in [5.41, 5.74) is 0. The van der Waals surface area contributed by atoms with Crippen molar-refractivity contribution in [3.05, 3.63) is 30.3 Å². The van der Waals surface area contributed by atoms with Gasteiger partial charge in [0.2, 0.25) is 0 Å². The molecule has 1 aliphatic heterocycles. The van der Waals surface area contributed by atoms with E-state index in [4.69, 9.17) is 0 Å². The fraction of sp³-hybridized carbons (Fsp3) is 0.533. The highest BCUT2D eigenvalue weighted by Gasteiger charge is 2.23. The third kappa shape index (κ3) is 5.92. The van der Waals surface area contributed by atoms with Gasteiger partial charge in [0, 0.05) is 19.6 Å². The van der Waals surface area contributed by atoms with Crippen LogP contribution in [-0.2, 0) is 9.84 Å². The number of nitrogens with one attached hydrogen (secondary N) is 1. The van der Waals surface area contributed by atoms with Gasteiger partial charge in [-0.1, -0.05) is 18.2 Å². The Kier molecular flexibility index (Phi) is 8.27. The maximum Gasteiger partial charge on any atom is 0.194 e. The second-order valence-electron chi connectivity index (χ2n) is 5.26. The van der Waals surface area contributed by atoms with Gasteiger partial charge in [-0.2, -0.15) is 0 Å². The third-order valence-corrected chi connectivity index (χ3v) is 5.23. The number of β-amino-alcohol motifs (C(OH)–C–C–N with tert-alkyl or cyclic N) is 1. The molecule has 0 saturated carbocycles. The minimum atomic E-state index is -3.31. The highest BCUT2D eigenvalue weighted by Crippen LogP contribution is 2.11. The van der Waals surface area contributed by atoms with E-state index < -0.39 is 9.84 Å². The van der Waals surface area contributed by atoms with Crippen molar-refractivity contribution in [2.24, 2.45) is 4.99 Å². The summed E-state index contributed by atoms with van der Waals surface area (Å²) >= 11 is 0. The average Bonchev–Trinajstić information content (AvgIpc) is 2.94. The van der Waals surface area contributed by atoms with Crippen molar-refractivity contribution in [2.45, 2.75) is 24.3 Å². The number of aliphatic imine (C=N–C) groups is 1. The SMILES string of the molecule is CCNC(=NCCS(=O)(=O)c1ccccc1)N1CC[C@@H](O)C1.I. The third-order valence-electron chi connectivity index (χ3n) is 3.52. The molecule has 1 atom stereocenters. The van der Waals surface area contributed by atoms with Gasteiger partial charge in [-0.05, 0) is 25.5 Å². The van der Waals surface area contributed by atoms with Crippen molar-refractivity contribution in [3.63, 3.8) is 0 Å². The summed E-state index contributed by atoms with van der Waals surface area (Å²) in [4.78, 5) is 6.67. The zero-order valence-electron chi connectivity index (χ0n) is 13.2. The standard InChI is InChI=1S/C15H23N3O3S.HI/c1-2-16-15(18-10-8-13(19)12-18)17-9-11-22(20,21)14-6-4-3-5-7-14;/h3-7,13,19H,2,8-12H2,1H3,(H,16,17);1H/t13-;/m1./s1. The summed E-state index contributed by atoms with van der Waals surface area (Å²) < 4.78 is 24.4. The number of nitrogens with zero attached hydrogens (tertiary/aromatic N) is 2. The second-order valence-corrected chi connectivity index (χ2v) is 7.37. The normalized spacial score (nSPS) is 18.6. The van der Waals surface area contributed by atoms with E-state index in [-0.39, 0.29) is 42.4 Å². The van der Waals surface area contributed by atoms with Crippen LogP contribution in [0.5, 0.6) is 0 Å². The van der Waals surface area contributed by atoms with Crippen molar-refractivity contribution in [1.29, 1.82) is 0 Å². The van der Waals surface area contributed by atoms with Gasteiger partial charge in [0.1, 0.15) is 0 Å². The highest BCUT2D eigenvalue weighted by atomic mass is 127. The van der Waals surface area contributed by atoms with Crippen molar-refractivity contribution in [1.82, 2.24) is 10.2 Å². The number of benzene rings is 1. The van der Waals surface area contributed by atoms with E-state index in [0.717, 1.165) is 6.54 Å². The number of rotatable bonds is 5. The first-order valence-electron chi connectivity index (χ1n) is 7.52. The topological polar surface area (TPSA) is 82.0 Å². The van der Waals surface area contributed by atoms with Crippen molar-refractivity contribution < 1.29 is 13.5 Å². The second kappa shape index (κ2) is 9.43. The van der Waals surface area contributed by atoms with Crippen LogP contribution in [0.4, 0.5) is 0 Å². The zero-order chi connectivity index (χ0) is 16.0. The molecule has 1 aromatic rings. The van der Waals surface area contributed by atoms with Gasteiger partial charge in [0.05, 0.1) is 23.3 Å². The van der Waals surface area contributed by atoms with Gasteiger partial charge in [-0.25, -0.2) is 8.42 Å². The summed E-state index contributed by atoms with van der Waals surface area (Å²) in [6.07, 6.45) is 0.379. The van der Waals surface area contributed by atoms with Gasteiger partial charge in [0.25, 0.3) is 0 Å². The maximum atomic E-state index is 12.2. The summed E-state index contributed by atoms with van der Waals surface area (Å²) in [5.74, 6) is 0.643. The number of hydrogen-bond acceptors (Lipinski definition) is 4. The van der Waals surface area contributed by atoms with Gasteiger partial charge < -0.3 is 15.3 Å². The molecule has 23 heavy (non-hydrogen) atoms. The van der Waals surface area contributed by atoms with Gasteiger partial charge in [0.15, 0.2) is 15.8 Å². The van der Waals surface area contributed by atoms with Crippen LogP contribution in [0.1, 0.15) is 13.3 Å². The fourth-order valence-electron chi connectivity index (χ4n) is 2.38. The molecule has 1 aromatic carbocycles. The Labute approximate surface area is 154 Å². The molecular formula is C15H24IN3O3S. The lowest BCUT2D eigenvalue weighted by Crippen LogP contribution is -2.40. The van der Waals surface area contributed by atoms with Crippen LogP contribution in [0.15, 0.2) is 40.2 Å². The molecular weight excluding hydrogens is 429 g/mol. The largest absolute Gasteiger partial charge is 0.391 e. The number of aliphatic hydroxyl groups excluding tert-OH is 1. The lowest BCUT2D eigenvalue weighted by atomic mass is 10.3. The van der Waals surface area contributed by atoms with E-state index in [0.29, 0.717) is 30.4 Å². The molecule has 1 heterocycles. The Bertz CT molecular complexity index is 608. The van der Waals surface area contributed by atoms with Crippen LogP contribution in [0.25, 0.3) is 0 Å². The molecule has 1 fully saturated rings. The number of hydrogen-bond donors (Lipinski definition) is 2. The molecule has 130 valence electrons. The monoisotopic (exact) mass is 453 g/mol. The van der Waals surface area contributed by atoms with Crippen LogP contribution in [-0.4, -0.2) is 62.4 Å². The van der Waals surface area contributed by atoms with Crippen LogP contribution in [0.2, 0.25) is 0 Å². The number of guanidine groups is 1. The van der Waals surface area contributed by atoms with Crippen molar-refractivity contribution >= 4 is 39.8 Å². The summed E-state index contributed by atoms with van der Waals surface area (Å²) in [7, 11) is -3.31. The van der Waals surface area contributed by atoms with Crippen LogP contribution in [0.3, 0.4) is 0 Å². The lowest BCUT2D eigenvalue weighted by Gasteiger charge is -2.20. The van der Waals surface area contributed by atoms with E-state index in [1.165, 1.54) is 0 Å². The predicted molar refractivity (Wildman–Crippen MR) is 102 cm³/mol. The zero-order valence-corrected chi connectivity index (χ0v) is 16.3. The Hall–Kier alpha value is -0.870. The number of sulfone groups is 1. The molecule has 0 unspecified atom stereocenters. The van der Waals surface area contributed by atoms with E-state index >= 15 is 0 Å². The van der Waals surface area contributed by atoms with Crippen molar-refractivity contribution in [2.75, 3.05) is 31.9 Å². The first-order chi connectivity index (χ1) is 10.5. The smallest absolute Gasteiger partial charge is 0.194 e. The molecule has 1 saturated heterocycles. The molecule has 0 bridgehead atoms. The Morgan fingerprint density at radius 3 is 2.65 bits per heavy atom. The van der Waals surface area contributed by atoms with Crippen LogP contribution in [0, 0.1) is 0 Å². The molecule has 0 spiro atoms. The lowest BCUT2D eigenvalue weighted by molar-refractivity contribution is 0.188. The first-order valence-corrected chi connectivity index (χ1v) is 9.17. The summed E-state index contributed by atoms with van der Waals surface area (Å²) in [6.45, 7) is 4.14. The molecule has 0 amide bonds. The fourth-order valence-corrected chi connectivity index (χ4v) is 3.52. The quantitative estimate of drug-likeness (QED) is 0.397. The maximum absolute atomic E-state index is 12.2. The molecule has 0 radical (unpaired) electrons. The van der Waals surface area contributed by atoms with E-state index in [1.54, 1.807) is 30.3 Å². The molecule has 0 aliphatic carbocycles. The highest BCUT2D eigenvalue weighted by molar-refractivity contribution is 14.0. The Balaban J connectivity index is 0.00000264.